The summed E-state index contributed by atoms with van der Waals surface area (Å²) in [7, 11) is 0. The van der Waals surface area contributed by atoms with Gasteiger partial charge in [0.2, 0.25) is 5.91 Å². The zero-order valence-corrected chi connectivity index (χ0v) is 16.2. The highest BCUT2D eigenvalue weighted by molar-refractivity contribution is 5.75. The summed E-state index contributed by atoms with van der Waals surface area (Å²) in [6.07, 6.45) is 26.9. The van der Waals surface area contributed by atoms with Gasteiger partial charge in [-0.1, -0.05) is 69.1 Å². The molecule has 0 aliphatic carbocycles. The number of hydrogen-bond donors (Lipinski definition) is 2. The minimum absolute atomic E-state index is 0.0169. The van der Waals surface area contributed by atoms with Crippen LogP contribution in [0.4, 0.5) is 0 Å². The number of aliphatic hydroxyl groups is 1. The Morgan fingerprint density at radius 2 is 1.36 bits per heavy atom. The number of amides is 1. The van der Waals surface area contributed by atoms with Crippen molar-refractivity contribution in [3.05, 3.63) is 36.5 Å². The van der Waals surface area contributed by atoms with E-state index in [1.165, 1.54) is 38.5 Å². The van der Waals surface area contributed by atoms with Crippen molar-refractivity contribution >= 4 is 5.91 Å². The first-order valence-corrected chi connectivity index (χ1v) is 10.1. The lowest BCUT2D eigenvalue weighted by atomic mass is 10.1. The molecule has 0 atom stereocenters. The predicted molar refractivity (Wildman–Crippen MR) is 109 cm³/mol. The molecule has 0 rings (SSSR count). The Labute approximate surface area is 155 Å². The van der Waals surface area contributed by atoms with Gasteiger partial charge in [0.05, 0.1) is 6.61 Å². The highest BCUT2D eigenvalue weighted by Crippen LogP contribution is 2.06. The predicted octanol–water partition coefficient (Wildman–Crippen LogP) is 5.46. The zero-order chi connectivity index (χ0) is 18.4. The molecule has 0 aliphatic rings. The summed E-state index contributed by atoms with van der Waals surface area (Å²) >= 11 is 0. The van der Waals surface area contributed by atoms with Gasteiger partial charge in [0.25, 0.3) is 0 Å². The van der Waals surface area contributed by atoms with Crippen molar-refractivity contribution in [2.75, 3.05) is 13.2 Å². The number of carbonyl (C=O) groups excluding carboxylic acids is 1. The molecule has 0 aromatic rings. The molecule has 0 fully saturated rings. The van der Waals surface area contributed by atoms with E-state index in [1.54, 1.807) is 0 Å². The van der Waals surface area contributed by atoms with Crippen LogP contribution in [-0.2, 0) is 4.79 Å². The van der Waals surface area contributed by atoms with E-state index < -0.39 is 0 Å². The smallest absolute Gasteiger partial charge is 0.220 e. The third kappa shape index (κ3) is 20.6. The number of rotatable bonds is 17. The molecule has 0 bridgehead atoms. The summed E-state index contributed by atoms with van der Waals surface area (Å²) in [5.74, 6) is 0.0523. The second-order valence-electron chi connectivity index (χ2n) is 6.41. The third-order valence-electron chi connectivity index (χ3n) is 3.98. The number of unbranched alkanes of at least 4 members (excludes halogenated alkanes) is 7. The van der Waals surface area contributed by atoms with E-state index in [0.717, 1.165) is 32.1 Å². The van der Waals surface area contributed by atoms with Crippen LogP contribution in [0.5, 0.6) is 0 Å². The van der Waals surface area contributed by atoms with Gasteiger partial charge in [0, 0.05) is 13.0 Å². The van der Waals surface area contributed by atoms with E-state index >= 15 is 0 Å². The average molecular weight is 350 g/mol. The summed E-state index contributed by atoms with van der Waals surface area (Å²) in [4.78, 5) is 11.3. The maximum Gasteiger partial charge on any atom is 0.220 e. The molecule has 0 aromatic heterocycles. The second kappa shape index (κ2) is 20.7. The minimum Gasteiger partial charge on any atom is -0.395 e. The highest BCUT2D eigenvalue weighted by Gasteiger charge is 1.99. The molecule has 25 heavy (non-hydrogen) atoms. The van der Waals surface area contributed by atoms with Crippen molar-refractivity contribution in [1.82, 2.24) is 5.32 Å². The van der Waals surface area contributed by atoms with Gasteiger partial charge < -0.3 is 10.4 Å². The minimum atomic E-state index is 0.0169. The molecule has 3 heteroatoms. The maximum absolute atomic E-state index is 11.3. The van der Waals surface area contributed by atoms with Crippen molar-refractivity contribution in [2.24, 2.45) is 0 Å². The monoisotopic (exact) mass is 349 g/mol. The molecular weight excluding hydrogens is 310 g/mol. The zero-order valence-electron chi connectivity index (χ0n) is 16.2. The molecule has 1 amide bonds. The molecule has 0 saturated carbocycles. The number of hydrogen-bond acceptors (Lipinski definition) is 2. The van der Waals surface area contributed by atoms with E-state index in [-0.39, 0.29) is 12.5 Å². The van der Waals surface area contributed by atoms with Crippen LogP contribution >= 0.6 is 0 Å². The maximum atomic E-state index is 11.3. The molecule has 0 radical (unpaired) electrons. The summed E-state index contributed by atoms with van der Waals surface area (Å²) in [5.41, 5.74) is 0. The van der Waals surface area contributed by atoms with Gasteiger partial charge in [-0.2, -0.15) is 0 Å². The molecule has 2 N–H and O–H groups in total. The fourth-order valence-electron chi connectivity index (χ4n) is 2.47. The third-order valence-corrected chi connectivity index (χ3v) is 3.98. The summed E-state index contributed by atoms with van der Waals surface area (Å²) in [5, 5.41) is 11.3. The van der Waals surface area contributed by atoms with Crippen LogP contribution in [0.25, 0.3) is 0 Å². The number of aliphatic hydroxyl groups excluding tert-OH is 1. The first-order chi connectivity index (χ1) is 12.3. The number of carbonyl (C=O) groups is 1. The van der Waals surface area contributed by atoms with Gasteiger partial charge >= 0.3 is 0 Å². The fraction of sp³-hybridized carbons (Fsp3) is 0.682. The second-order valence-corrected chi connectivity index (χ2v) is 6.41. The summed E-state index contributed by atoms with van der Waals surface area (Å²) in [6, 6.07) is 0. The van der Waals surface area contributed by atoms with Gasteiger partial charge in [-0.3, -0.25) is 4.79 Å². The lowest BCUT2D eigenvalue weighted by Gasteiger charge is -2.02. The Kier molecular flexibility index (Phi) is 19.6. The fourth-order valence-corrected chi connectivity index (χ4v) is 2.47. The van der Waals surface area contributed by atoms with Gasteiger partial charge in [0.1, 0.15) is 0 Å². The molecule has 0 aliphatic heterocycles. The number of allylic oxidation sites excluding steroid dienone is 6. The molecule has 0 unspecified atom stereocenters. The van der Waals surface area contributed by atoms with E-state index in [1.807, 2.05) is 0 Å². The summed E-state index contributed by atoms with van der Waals surface area (Å²) in [6.45, 7) is 2.62. The van der Waals surface area contributed by atoms with Crippen LogP contribution in [0, 0.1) is 0 Å². The van der Waals surface area contributed by atoms with Crippen LogP contribution in [0.3, 0.4) is 0 Å². The molecular formula is C22H39NO2. The highest BCUT2D eigenvalue weighted by atomic mass is 16.3. The van der Waals surface area contributed by atoms with Gasteiger partial charge in [-0.15, -0.1) is 0 Å². The molecule has 0 spiro atoms. The molecule has 0 saturated heterocycles. The summed E-state index contributed by atoms with van der Waals surface area (Å²) < 4.78 is 0. The normalized spacial score (nSPS) is 11.9. The Hall–Kier alpha value is -1.35. The first kappa shape index (κ1) is 23.6. The Bertz CT molecular complexity index is 372. The first-order valence-electron chi connectivity index (χ1n) is 10.1. The van der Waals surface area contributed by atoms with Gasteiger partial charge in [0.15, 0.2) is 0 Å². The standard InChI is InChI=1S/C22H39NO2/c1-2-3-4-5-6-7-8-9-10-11-12-13-14-15-16-17-18-19-22(25)23-20-21-24/h6-7,9-10,12-13,24H,2-5,8,11,14-21H2,1H3,(H,23,25). The largest absolute Gasteiger partial charge is 0.395 e. The molecule has 0 aromatic carbocycles. The SMILES string of the molecule is CCCCCC=CCC=CCC=CCCCCCCC(=O)NCCO. The van der Waals surface area contributed by atoms with Gasteiger partial charge in [-0.25, -0.2) is 0 Å². The topological polar surface area (TPSA) is 49.3 Å². The molecule has 0 heterocycles. The van der Waals surface area contributed by atoms with E-state index in [0.29, 0.717) is 13.0 Å². The van der Waals surface area contributed by atoms with Crippen molar-refractivity contribution in [1.29, 1.82) is 0 Å². The average Bonchev–Trinajstić information content (AvgIpc) is 2.62. The van der Waals surface area contributed by atoms with Crippen molar-refractivity contribution in [2.45, 2.75) is 84.0 Å². The quantitative estimate of drug-likeness (QED) is 0.270. The Morgan fingerprint density at radius 3 is 1.96 bits per heavy atom. The molecule has 144 valence electrons. The lowest BCUT2D eigenvalue weighted by Crippen LogP contribution is -2.25. The van der Waals surface area contributed by atoms with E-state index in [4.69, 9.17) is 5.11 Å². The van der Waals surface area contributed by atoms with Crippen LogP contribution in [-0.4, -0.2) is 24.2 Å². The van der Waals surface area contributed by atoms with Crippen molar-refractivity contribution in [3.8, 4) is 0 Å². The Morgan fingerprint density at radius 1 is 0.800 bits per heavy atom. The van der Waals surface area contributed by atoms with Crippen LogP contribution < -0.4 is 5.32 Å². The van der Waals surface area contributed by atoms with E-state index in [9.17, 15) is 4.79 Å². The number of nitrogens with one attached hydrogen (secondary N) is 1. The van der Waals surface area contributed by atoms with Crippen LogP contribution in [0.2, 0.25) is 0 Å². The van der Waals surface area contributed by atoms with Crippen molar-refractivity contribution < 1.29 is 9.90 Å². The lowest BCUT2D eigenvalue weighted by molar-refractivity contribution is -0.121. The molecule has 3 nitrogen and oxygen atoms in total. The van der Waals surface area contributed by atoms with Crippen molar-refractivity contribution in [3.63, 3.8) is 0 Å². The van der Waals surface area contributed by atoms with Crippen LogP contribution in [0.15, 0.2) is 36.5 Å². The Balaban J connectivity index is 3.32. The van der Waals surface area contributed by atoms with E-state index in [2.05, 4.69) is 48.7 Å². The van der Waals surface area contributed by atoms with Crippen LogP contribution in [0.1, 0.15) is 84.0 Å². The van der Waals surface area contributed by atoms with Gasteiger partial charge in [-0.05, 0) is 44.9 Å².